The summed E-state index contributed by atoms with van der Waals surface area (Å²) in [7, 11) is 0. The second-order valence-corrected chi connectivity index (χ2v) is 5.49. The van der Waals surface area contributed by atoms with Crippen molar-refractivity contribution in [2.75, 3.05) is 11.9 Å². The average Bonchev–Trinajstić information content (AvgIpc) is 3.11. The van der Waals surface area contributed by atoms with Gasteiger partial charge in [0.25, 0.3) is 5.91 Å². The van der Waals surface area contributed by atoms with Gasteiger partial charge in [-0.1, -0.05) is 37.3 Å². The lowest BCUT2D eigenvalue weighted by Gasteiger charge is -2.10. The third-order valence-corrected chi connectivity index (χ3v) is 3.75. The van der Waals surface area contributed by atoms with Crippen LogP contribution in [0.1, 0.15) is 23.0 Å². The van der Waals surface area contributed by atoms with Gasteiger partial charge in [0.05, 0.1) is 0 Å². The van der Waals surface area contributed by atoms with Crippen molar-refractivity contribution in [2.45, 2.75) is 13.5 Å². The lowest BCUT2D eigenvalue weighted by atomic mass is 10.1. The number of carbonyl (C=O) groups is 1. The molecule has 1 heterocycles. The van der Waals surface area contributed by atoms with E-state index in [-0.39, 0.29) is 24.0 Å². The molecule has 0 bridgehead atoms. The molecule has 0 aliphatic rings. The number of anilines is 1. The summed E-state index contributed by atoms with van der Waals surface area (Å²) in [6.07, 6.45) is 1.57. The van der Waals surface area contributed by atoms with Crippen LogP contribution in [0.25, 0.3) is 5.69 Å². The third-order valence-electron chi connectivity index (χ3n) is 3.75. The molecule has 0 fully saturated rings. The number of aromatic nitrogens is 2. The van der Waals surface area contributed by atoms with Crippen LogP contribution in [0.3, 0.4) is 0 Å². The van der Waals surface area contributed by atoms with E-state index in [0.717, 1.165) is 17.8 Å². The molecule has 2 aromatic carbocycles. The van der Waals surface area contributed by atoms with E-state index in [1.54, 1.807) is 30.5 Å². The first kappa shape index (κ1) is 19.6. The Bertz CT molecular complexity index is 881. The van der Waals surface area contributed by atoms with Crippen molar-refractivity contribution < 1.29 is 9.18 Å². The van der Waals surface area contributed by atoms with Crippen LogP contribution in [0.4, 0.5) is 10.1 Å². The maximum Gasteiger partial charge on any atom is 0.276 e. The van der Waals surface area contributed by atoms with Crippen LogP contribution < -0.4 is 10.6 Å². The number of nitrogens with one attached hydrogen (secondary N) is 2. The van der Waals surface area contributed by atoms with Crippen molar-refractivity contribution in [2.24, 2.45) is 0 Å². The number of carbonyl (C=O) groups excluding carboxylic acids is 1. The number of para-hydroxylation sites is 2. The fourth-order valence-corrected chi connectivity index (χ4v) is 2.46. The number of hydrogen-bond donors (Lipinski definition) is 2. The van der Waals surface area contributed by atoms with E-state index in [1.165, 1.54) is 10.7 Å². The zero-order chi connectivity index (χ0) is 17.6. The summed E-state index contributed by atoms with van der Waals surface area (Å²) in [5.41, 5.74) is 2.25. The molecule has 0 unspecified atom stereocenters. The molecular formula is C19H20ClFN4O. The van der Waals surface area contributed by atoms with Gasteiger partial charge in [0.15, 0.2) is 5.69 Å². The lowest BCUT2D eigenvalue weighted by Crippen LogP contribution is -2.17. The number of rotatable bonds is 6. The Morgan fingerprint density at radius 2 is 1.85 bits per heavy atom. The SMILES string of the molecule is CCNCc1ccccc1NC(=O)c1ccn(-c2ccccc2F)n1.Cl. The quantitative estimate of drug-likeness (QED) is 0.690. The number of hydrogen-bond acceptors (Lipinski definition) is 3. The first-order valence-electron chi connectivity index (χ1n) is 8.09. The zero-order valence-corrected chi connectivity index (χ0v) is 15.1. The van der Waals surface area contributed by atoms with Gasteiger partial charge in [-0.15, -0.1) is 12.4 Å². The minimum absolute atomic E-state index is 0. The maximum absolute atomic E-state index is 13.8. The normalized spacial score (nSPS) is 10.2. The summed E-state index contributed by atoms with van der Waals surface area (Å²) in [4.78, 5) is 12.5. The molecule has 0 saturated carbocycles. The Morgan fingerprint density at radius 3 is 2.62 bits per heavy atom. The number of benzene rings is 2. The van der Waals surface area contributed by atoms with Crippen LogP contribution in [0, 0.1) is 5.82 Å². The third kappa shape index (κ3) is 4.47. The number of nitrogens with zero attached hydrogens (tertiary/aromatic N) is 2. The predicted molar refractivity (Wildman–Crippen MR) is 103 cm³/mol. The molecule has 3 rings (SSSR count). The van der Waals surface area contributed by atoms with Gasteiger partial charge in [-0.05, 0) is 36.4 Å². The molecule has 26 heavy (non-hydrogen) atoms. The zero-order valence-electron chi connectivity index (χ0n) is 14.3. The summed E-state index contributed by atoms with van der Waals surface area (Å²) in [5.74, 6) is -0.729. The standard InChI is InChI=1S/C19H19FN4O.ClH/c1-2-21-13-14-7-3-5-9-16(14)22-19(25)17-11-12-24(23-17)18-10-6-4-8-15(18)20;/h3-12,21H,2,13H2,1H3,(H,22,25);1H. The highest BCUT2D eigenvalue weighted by Gasteiger charge is 2.13. The highest BCUT2D eigenvalue weighted by Crippen LogP contribution is 2.17. The Labute approximate surface area is 157 Å². The Balaban J connectivity index is 0.00000243. The van der Waals surface area contributed by atoms with Crippen molar-refractivity contribution in [1.29, 1.82) is 0 Å². The lowest BCUT2D eigenvalue weighted by molar-refractivity contribution is 0.102. The smallest absolute Gasteiger partial charge is 0.276 e. The Morgan fingerprint density at radius 1 is 1.12 bits per heavy atom. The van der Waals surface area contributed by atoms with Gasteiger partial charge >= 0.3 is 0 Å². The fourth-order valence-electron chi connectivity index (χ4n) is 2.46. The van der Waals surface area contributed by atoms with E-state index in [9.17, 15) is 9.18 Å². The summed E-state index contributed by atoms with van der Waals surface area (Å²) in [5, 5.41) is 10.3. The predicted octanol–water partition coefficient (Wildman–Crippen LogP) is 3.80. The van der Waals surface area contributed by atoms with Crippen LogP contribution in [-0.2, 0) is 6.54 Å². The van der Waals surface area contributed by atoms with Crippen LogP contribution in [-0.4, -0.2) is 22.2 Å². The van der Waals surface area contributed by atoms with Gasteiger partial charge in [-0.2, -0.15) is 5.10 Å². The van der Waals surface area contributed by atoms with Crippen LogP contribution in [0.15, 0.2) is 60.8 Å². The molecule has 0 aliphatic heterocycles. The topological polar surface area (TPSA) is 58.9 Å². The monoisotopic (exact) mass is 374 g/mol. The molecule has 0 spiro atoms. The second-order valence-electron chi connectivity index (χ2n) is 5.49. The first-order valence-corrected chi connectivity index (χ1v) is 8.09. The minimum Gasteiger partial charge on any atom is -0.320 e. The molecular weight excluding hydrogens is 355 g/mol. The summed E-state index contributed by atoms with van der Waals surface area (Å²) >= 11 is 0. The van der Waals surface area contributed by atoms with Gasteiger partial charge in [0, 0.05) is 18.4 Å². The molecule has 1 amide bonds. The van der Waals surface area contributed by atoms with E-state index in [0.29, 0.717) is 12.2 Å². The summed E-state index contributed by atoms with van der Waals surface area (Å²) < 4.78 is 15.2. The van der Waals surface area contributed by atoms with E-state index in [4.69, 9.17) is 0 Å². The number of amides is 1. The largest absolute Gasteiger partial charge is 0.320 e. The maximum atomic E-state index is 13.8. The minimum atomic E-state index is -0.395. The molecule has 0 radical (unpaired) electrons. The molecule has 136 valence electrons. The first-order chi connectivity index (χ1) is 12.2. The molecule has 0 atom stereocenters. The fraction of sp³-hybridized carbons (Fsp3) is 0.158. The van der Waals surface area contributed by atoms with E-state index < -0.39 is 5.82 Å². The van der Waals surface area contributed by atoms with E-state index in [1.807, 2.05) is 31.2 Å². The molecule has 7 heteroatoms. The van der Waals surface area contributed by atoms with Gasteiger partial charge < -0.3 is 10.6 Å². The van der Waals surface area contributed by atoms with Gasteiger partial charge in [0.2, 0.25) is 0 Å². The molecule has 2 N–H and O–H groups in total. The van der Waals surface area contributed by atoms with Crippen molar-refractivity contribution in [3.8, 4) is 5.69 Å². The Kier molecular flexibility index (Phi) is 6.89. The molecule has 3 aromatic rings. The summed E-state index contributed by atoms with van der Waals surface area (Å²) in [6.45, 7) is 3.53. The van der Waals surface area contributed by atoms with Gasteiger partial charge in [0.1, 0.15) is 11.5 Å². The van der Waals surface area contributed by atoms with Crippen molar-refractivity contribution in [1.82, 2.24) is 15.1 Å². The van der Waals surface area contributed by atoms with Crippen molar-refractivity contribution >= 4 is 24.0 Å². The highest BCUT2D eigenvalue weighted by molar-refractivity contribution is 6.03. The van der Waals surface area contributed by atoms with Crippen LogP contribution >= 0.6 is 12.4 Å². The van der Waals surface area contributed by atoms with E-state index >= 15 is 0 Å². The van der Waals surface area contributed by atoms with Crippen molar-refractivity contribution in [3.05, 3.63) is 77.9 Å². The molecule has 0 saturated heterocycles. The van der Waals surface area contributed by atoms with Crippen LogP contribution in [0.2, 0.25) is 0 Å². The van der Waals surface area contributed by atoms with Gasteiger partial charge in [-0.3, -0.25) is 4.79 Å². The van der Waals surface area contributed by atoms with Crippen molar-refractivity contribution in [3.63, 3.8) is 0 Å². The second kappa shape index (κ2) is 9.12. The summed E-state index contributed by atoms with van der Waals surface area (Å²) in [6, 6.07) is 15.4. The molecule has 5 nitrogen and oxygen atoms in total. The molecule has 0 aliphatic carbocycles. The average molecular weight is 375 g/mol. The van der Waals surface area contributed by atoms with Crippen LogP contribution in [0.5, 0.6) is 0 Å². The van der Waals surface area contributed by atoms with E-state index in [2.05, 4.69) is 15.7 Å². The molecule has 1 aromatic heterocycles. The highest BCUT2D eigenvalue weighted by atomic mass is 35.5. The Hall–Kier alpha value is -2.70. The van der Waals surface area contributed by atoms with Gasteiger partial charge in [-0.25, -0.2) is 9.07 Å². The number of halogens is 2.